The monoisotopic (exact) mass is 251 g/mol. The number of fused-ring (bicyclic) bond motifs is 1. The first-order chi connectivity index (χ1) is 9.16. The summed E-state index contributed by atoms with van der Waals surface area (Å²) in [5.74, 6) is 1.01. The molecule has 3 aromatic rings. The second kappa shape index (κ2) is 4.43. The third-order valence-electron chi connectivity index (χ3n) is 3.56. The second-order valence-electron chi connectivity index (χ2n) is 4.86. The number of rotatable bonds is 2. The molecule has 1 aromatic heterocycles. The predicted molar refractivity (Wildman–Crippen MR) is 79.1 cm³/mol. The van der Waals surface area contributed by atoms with E-state index < -0.39 is 0 Å². The van der Waals surface area contributed by atoms with E-state index in [1.165, 1.54) is 5.56 Å². The molecule has 1 atom stereocenters. The topological polar surface area (TPSA) is 43.8 Å². The fourth-order valence-corrected chi connectivity index (χ4v) is 2.61. The quantitative estimate of drug-likeness (QED) is 0.708. The summed E-state index contributed by atoms with van der Waals surface area (Å²) in [5.41, 5.74) is 9.94. The normalized spacial score (nSPS) is 12.7. The number of imidazole rings is 1. The Morgan fingerprint density at radius 3 is 2.58 bits per heavy atom. The third kappa shape index (κ3) is 1.97. The van der Waals surface area contributed by atoms with Gasteiger partial charge < -0.3 is 10.3 Å². The van der Waals surface area contributed by atoms with Crippen molar-refractivity contribution >= 4 is 16.7 Å². The molecule has 0 saturated heterocycles. The van der Waals surface area contributed by atoms with Crippen molar-refractivity contribution in [3.63, 3.8) is 0 Å². The Balaban J connectivity index is 2.17. The largest absolute Gasteiger partial charge is 0.399 e. The first-order valence-electron chi connectivity index (χ1n) is 6.46. The van der Waals surface area contributed by atoms with Crippen LogP contribution in [0.5, 0.6) is 0 Å². The van der Waals surface area contributed by atoms with Gasteiger partial charge in [-0.3, -0.25) is 0 Å². The minimum atomic E-state index is 0.259. The van der Waals surface area contributed by atoms with Crippen LogP contribution >= 0.6 is 0 Å². The van der Waals surface area contributed by atoms with Crippen LogP contribution in [0.4, 0.5) is 5.69 Å². The zero-order valence-corrected chi connectivity index (χ0v) is 11.2. The van der Waals surface area contributed by atoms with E-state index >= 15 is 0 Å². The van der Waals surface area contributed by atoms with Gasteiger partial charge in [0.1, 0.15) is 5.82 Å². The van der Waals surface area contributed by atoms with Crippen LogP contribution in [0.3, 0.4) is 0 Å². The van der Waals surface area contributed by atoms with Crippen molar-refractivity contribution in [1.29, 1.82) is 0 Å². The van der Waals surface area contributed by atoms with E-state index in [1.54, 1.807) is 0 Å². The van der Waals surface area contributed by atoms with Crippen LogP contribution in [0, 0.1) is 6.92 Å². The van der Waals surface area contributed by atoms with E-state index in [9.17, 15) is 0 Å². The van der Waals surface area contributed by atoms with Crippen molar-refractivity contribution in [2.24, 2.45) is 0 Å². The maximum Gasteiger partial charge on any atom is 0.107 e. The molecule has 0 fully saturated rings. The summed E-state index contributed by atoms with van der Waals surface area (Å²) in [4.78, 5) is 4.60. The van der Waals surface area contributed by atoms with Crippen molar-refractivity contribution in [3.05, 3.63) is 59.9 Å². The van der Waals surface area contributed by atoms with E-state index in [0.29, 0.717) is 0 Å². The molecule has 0 spiro atoms. The molecule has 0 radical (unpaired) electrons. The number of nitrogens with two attached hydrogens (primary N) is 1. The van der Waals surface area contributed by atoms with Gasteiger partial charge in [-0.15, -0.1) is 0 Å². The highest BCUT2D eigenvalue weighted by molar-refractivity contribution is 5.80. The highest BCUT2D eigenvalue weighted by Crippen LogP contribution is 2.26. The molecule has 0 aliphatic carbocycles. The molecule has 2 aromatic carbocycles. The van der Waals surface area contributed by atoms with Crippen molar-refractivity contribution in [1.82, 2.24) is 9.55 Å². The lowest BCUT2D eigenvalue weighted by atomic mass is 10.1. The third-order valence-corrected chi connectivity index (χ3v) is 3.56. The van der Waals surface area contributed by atoms with E-state index in [1.807, 2.05) is 31.2 Å². The number of anilines is 1. The van der Waals surface area contributed by atoms with Gasteiger partial charge in [0.2, 0.25) is 0 Å². The van der Waals surface area contributed by atoms with Crippen LogP contribution in [0.2, 0.25) is 0 Å². The van der Waals surface area contributed by atoms with Gasteiger partial charge in [-0.1, -0.05) is 30.3 Å². The molecule has 19 heavy (non-hydrogen) atoms. The summed E-state index contributed by atoms with van der Waals surface area (Å²) in [5, 5.41) is 0. The molecule has 3 heteroatoms. The van der Waals surface area contributed by atoms with E-state index in [4.69, 9.17) is 5.73 Å². The Bertz CT molecular complexity index is 713. The Labute approximate surface area is 112 Å². The fourth-order valence-electron chi connectivity index (χ4n) is 2.61. The summed E-state index contributed by atoms with van der Waals surface area (Å²) in [6.07, 6.45) is 0. The Kier molecular flexibility index (Phi) is 2.75. The van der Waals surface area contributed by atoms with Crippen LogP contribution in [-0.4, -0.2) is 9.55 Å². The number of hydrogen-bond acceptors (Lipinski definition) is 2. The molecule has 1 heterocycles. The molecular formula is C16H17N3. The first-order valence-corrected chi connectivity index (χ1v) is 6.46. The van der Waals surface area contributed by atoms with Gasteiger partial charge in [-0.2, -0.15) is 0 Å². The Morgan fingerprint density at radius 1 is 1.11 bits per heavy atom. The molecule has 3 nitrogen and oxygen atoms in total. The molecule has 96 valence electrons. The average molecular weight is 251 g/mol. The van der Waals surface area contributed by atoms with Crippen molar-refractivity contribution in [2.45, 2.75) is 19.9 Å². The number of nitrogen functional groups attached to an aromatic ring is 1. The Morgan fingerprint density at radius 2 is 1.84 bits per heavy atom. The molecule has 1 unspecified atom stereocenters. The highest BCUT2D eigenvalue weighted by Gasteiger charge is 2.14. The standard InChI is InChI=1S/C16H17N3/c1-11(13-6-4-3-5-7-13)19-12(2)18-15-10-14(17)8-9-16(15)19/h3-11H,17H2,1-2H3. The van der Waals surface area contributed by atoms with Crippen LogP contribution in [0.15, 0.2) is 48.5 Å². The number of benzene rings is 2. The fraction of sp³-hybridized carbons (Fsp3) is 0.188. The van der Waals surface area contributed by atoms with E-state index in [2.05, 4.69) is 40.7 Å². The number of aromatic nitrogens is 2. The molecule has 0 amide bonds. The van der Waals surface area contributed by atoms with Gasteiger partial charge in [0.05, 0.1) is 17.1 Å². The minimum Gasteiger partial charge on any atom is -0.399 e. The van der Waals surface area contributed by atoms with Gasteiger partial charge in [-0.25, -0.2) is 4.98 Å². The maximum atomic E-state index is 5.82. The van der Waals surface area contributed by atoms with Gasteiger partial charge in [-0.05, 0) is 37.6 Å². The summed E-state index contributed by atoms with van der Waals surface area (Å²) in [6, 6.07) is 16.6. The summed E-state index contributed by atoms with van der Waals surface area (Å²) < 4.78 is 2.25. The van der Waals surface area contributed by atoms with E-state index in [-0.39, 0.29) is 6.04 Å². The van der Waals surface area contributed by atoms with Crippen molar-refractivity contribution in [2.75, 3.05) is 5.73 Å². The minimum absolute atomic E-state index is 0.259. The first kappa shape index (κ1) is 11.8. The molecule has 2 N–H and O–H groups in total. The molecule has 0 aliphatic rings. The van der Waals surface area contributed by atoms with Crippen molar-refractivity contribution < 1.29 is 0 Å². The zero-order chi connectivity index (χ0) is 13.4. The number of nitrogens with zero attached hydrogens (tertiary/aromatic N) is 2. The average Bonchev–Trinajstić information content (AvgIpc) is 2.74. The lowest BCUT2D eigenvalue weighted by Gasteiger charge is -2.17. The Hall–Kier alpha value is -2.29. The second-order valence-corrected chi connectivity index (χ2v) is 4.86. The lowest BCUT2D eigenvalue weighted by Crippen LogP contribution is -2.08. The van der Waals surface area contributed by atoms with E-state index in [0.717, 1.165) is 22.5 Å². The number of hydrogen-bond donors (Lipinski definition) is 1. The van der Waals surface area contributed by atoms with Gasteiger partial charge in [0, 0.05) is 5.69 Å². The predicted octanol–water partition coefficient (Wildman–Crippen LogP) is 3.54. The summed E-state index contributed by atoms with van der Waals surface area (Å²) >= 11 is 0. The maximum absolute atomic E-state index is 5.82. The number of aryl methyl sites for hydroxylation is 1. The lowest BCUT2D eigenvalue weighted by molar-refractivity contribution is 0.637. The van der Waals surface area contributed by atoms with Gasteiger partial charge in [0.15, 0.2) is 0 Å². The molecule has 0 aliphatic heterocycles. The van der Waals surface area contributed by atoms with Crippen LogP contribution in [-0.2, 0) is 0 Å². The molecule has 0 saturated carbocycles. The van der Waals surface area contributed by atoms with Gasteiger partial charge in [0.25, 0.3) is 0 Å². The SMILES string of the molecule is Cc1nc2cc(N)ccc2n1C(C)c1ccccc1. The highest BCUT2D eigenvalue weighted by atomic mass is 15.1. The molecule has 3 rings (SSSR count). The summed E-state index contributed by atoms with van der Waals surface area (Å²) in [7, 11) is 0. The smallest absolute Gasteiger partial charge is 0.107 e. The van der Waals surface area contributed by atoms with Gasteiger partial charge >= 0.3 is 0 Å². The molecule has 0 bridgehead atoms. The van der Waals surface area contributed by atoms with Crippen LogP contribution < -0.4 is 5.73 Å². The van der Waals surface area contributed by atoms with Crippen LogP contribution in [0.25, 0.3) is 11.0 Å². The van der Waals surface area contributed by atoms with Crippen LogP contribution in [0.1, 0.15) is 24.4 Å². The van der Waals surface area contributed by atoms with Crippen molar-refractivity contribution in [3.8, 4) is 0 Å². The molecular weight excluding hydrogens is 234 g/mol. The zero-order valence-electron chi connectivity index (χ0n) is 11.2. The summed E-state index contributed by atoms with van der Waals surface area (Å²) in [6.45, 7) is 4.23.